The van der Waals surface area contributed by atoms with Crippen LogP contribution in [0, 0.1) is 5.92 Å². The fourth-order valence-electron chi connectivity index (χ4n) is 1.36. The highest BCUT2D eigenvalue weighted by Gasteiger charge is 2.22. The van der Waals surface area contributed by atoms with Crippen molar-refractivity contribution in [3.8, 4) is 0 Å². The van der Waals surface area contributed by atoms with E-state index in [2.05, 4.69) is 12.2 Å². The van der Waals surface area contributed by atoms with E-state index < -0.39 is 0 Å². The number of likely N-dealkylation sites (N-methyl/N-ethyl adjacent to an activating group) is 1. The van der Waals surface area contributed by atoms with Gasteiger partial charge in [0, 0.05) is 13.6 Å². The third-order valence-corrected chi connectivity index (χ3v) is 2.84. The van der Waals surface area contributed by atoms with Crippen molar-refractivity contribution in [3.05, 3.63) is 0 Å². The minimum atomic E-state index is -0.352. The monoisotopic (exact) mass is 215 g/mol. The number of nitrogens with zero attached hydrogens (tertiary/aromatic N) is 1. The maximum absolute atomic E-state index is 11.8. The molecule has 1 amide bonds. The molecule has 0 spiro atoms. The quantitative estimate of drug-likeness (QED) is 0.605. The highest BCUT2D eigenvalue weighted by molar-refractivity contribution is 5.81. The summed E-state index contributed by atoms with van der Waals surface area (Å²) in [5.41, 5.74) is 5.87. The van der Waals surface area contributed by atoms with Crippen LogP contribution in [-0.4, -0.2) is 44.0 Å². The van der Waals surface area contributed by atoms with Crippen LogP contribution in [0.4, 0.5) is 0 Å². The lowest BCUT2D eigenvalue weighted by Gasteiger charge is -2.24. The number of rotatable bonds is 7. The normalized spacial score (nSPS) is 14.7. The van der Waals surface area contributed by atoms with E-state index in [1.54, 1.807) is 4.90 Å². The van der Waals surface area contributed by atoms with E-state index in [9.17, 15) is 4.79 Å². The summed E-state index contributed by atoms with van der Waals surface area (Å²) in [7, 11) is 3.73. The van der Waals surface area contributed by atoms with E-state index in [0.29, 0.717) is 0 Å². The summed E-state index contributed by atoms with van der Waals surface area (Å²) in [5, 5.41) is 3.06. The van der Waals surface area contributed by atoms with Gasteiger partial charge in [-0.3, -0.25) is 4.79 Å². The molecule has 0 aromatic heterocycles. The van der Waals surface area contributed by atoms with Crippen LogP contribution in [0.25, 0.3) is 0 Å². The van der Waals surface area contributed by atoms with Crippen molar-refractivity contribution >= 4 is 5.91 Å². The molecule has 0 bridgehead atoms. The third kappa shape index (κ3) is 5.14. The molecule has 0 saturated heterocycles. The van der Waals surface area contributed by atoms with Gasteiger partial charge in [-0.1, -0.05) is 20.3 Å². The Morgan fingerprint density at radius 2 is 2.13 bits per heavy atom. The minimum Gasteiger partial charge on any atom is -0.344 e. The number of hydrogen-bond donors (Lipinski definition) is 2. The zero-order valence-corrected chi connectivity index (χ0v) is 10.4. The van der Waals surface area contributed by atoms with E-state index in [1.807, 2.05) is 21.0 Å². The van der Waals surface area contributed by atoms with Gasteiger partial charge in [0.25, 0.3) is 0 Å². The fraction of sp³-hybridized carbons (Fsp3) is 0.909. The standard InChI is InChI=1S/C11H25N3O/c1-5-9(2)10(12)11(15)14(4)8-6-7-13-3/h9-10,13H,5-8,12H2,1-4H3/t9?,10-/m0/s1. The van der Waals surface area contributed by atoms with Gasteiger partial charge in [-0.15, -0.1) is 0 Å². The summed E-state index contributed by atoms with van der Waals surface area (Å²) in [5.74, 6) is 0.310. The van der Waals surface area contributed by atoms with Crippen LogP contribution in [0.2, 0.25) is 0 Å². The van der Waals surface area contributed by atoms with Crippen molar-refractivity contribution in [1.82, 2.24) is 10.2 Å². The number of amides is 1. The molecule has 0 heterocycles. The van der Waals surface area contributed by atoms with Gasteiger partial charge >= 0.3 is 0 Å². The SMILES string of the molecule is CCC(C)[C@H](N)C(=O)N(C)CCCNC. The molecular weight excluding hydrogens is 190 g/mol. The number of nitrogens with two attached hydrogens (primary N) is 1. The number of carbonyl (C=O) groups is 1. The number of nitrogens with one attached hydrogen (secondary N) is 1. The van der Waals surface area contributed by atoms with Gasteiger partial charge < -0.3 is 16.0 Å². The molecule has 2 atom stereocenters. The first-order valence-electron chi connectivity index (χ1n) is 5.69. The second-order valence-electron chi connectivity index (χ2n) is 4.13. The second-order valence-corrected chi connectivity index (χ2v) is 4.13. The average molecular weight is 215 g/mol. The van der Waals surface area contributed by atoms with Crippen LogP contribution in [0.1, 0.15) is 26.7 Å². The van der Waals surface area contributed by atoms with E-state index in [0.717, 1.165) is 25.9 Å². The Morgan fingerprint density at radius 3 is 2.60 bits per heavy atom. The van der Waals surface area contributed by atoms with Crippen molar-refractivity contribution in [2.75, 3.05) is 27.2 Å². The first kappa shape index (κ1) is 14.4. The lowest BCUT2D eigenvalue weighted by molar-refractivity contribution is -0.132. The molecule has 0 aliphatic rings. The molecule has 0 aromatic carbocycles. The topological polar surface area (TPSA) is 58.4 Å². The van der Waals surface area contributed by atoms with Gasteiger partial charge in [-0.05, 0) is 25.9 Å². The number of carbonyl (C=O) groups excluding carboxylic acids is 1. The van der Waals surface area contributed by atoms with Crippen LogP contribution in [0.3, 0.4) is 0 Å². The predicted molar refractivity (Wildman–Crippen MR) is 63.6 cm³/mol. The van der Waals surface area contributed by atoms with Crippen molar-refractivity contribution in [3.63, 3.8) is 0 Å². The molecule has 4 heteroatoms. The van der Waals surface area contributed by atoms with Crippen LogP contribution in [-0.2, 0) is 4.79 Å². The fourth-order valence-corrected chi connectivity index (χ4v) is 1.36. The minimum absolute atomic E-state index is 0.0560. The maximum Gasteiger partial charge on any atom is 0.239 e. The van der Waals surface area contributed by atoms with Crippen LogP contribution >= 0.6 is 0 Å². The van der Waals surface area contributed by atoms with Gasteiger partial charge in [-0.25, -0.2) is 0 Å². The Bertz CT molecular complexity index is 185. The molecule has 15 heavy (non-hydrogen) atoms. The molecule has 0 rings (SSSR count). The predicted octanol–water partition coefficient (Wildman–Crippen LogP) is 0.428. The number of hydrogen-bond acceptors (Lipinski definition) is 3. The largest absolute Gasteiger partial charge is 0.344 e. The summed E-state index contributed by atoms with van der Waals surface area (Å²) in [4.78, 5) is 13.5. The highest BCUT2D eigenvalue weighted by Crippen LogP contribution is 2.07. The summed E-state index contributed by atoms with van der Waals surface area (Å²) < 4.78 is 0. The van der Waals surface area contributed by atoms with E-state index in [-0.39, 0.29) is 17.9 Å². The Hall–Kier alpha value is -0.610. The van der Waals surface area contributed by atoms with Gasteiger partial charge in [-0.2, -0.15) is 0 Å². The Morgan fingerprint density at radius 1 is 1.53 bits per heavy atom. The van der Waals surface area contributed by atoms with Gasteiger partial charge in [0.2, 0.25) is 5.91 Å². The smallest absolute Gasteiger partial charge is 0.239 e. The molecule has 0 saturated carbocycles. The zero-order chi connectivity index (χ0) is 11.8. The van der Waals surface area contributed by atoms with Crippen molar-refractivity contribution in [2.45, 2.75) is 32.7 Å². The summed E-state index contributed by atoms with van der Waals surface area (Å²) in [6.45, 7) is 5.77. The van der Waals surface area contributed by atoms with Gasteiger partial charge in [0.05, 0.1) is 6.04 Å². The molecule has 0 aliphatic heterocycles. The molecule has 3 N–H and O–H groups in total. The van der Waals surface area contributed by atoms with Gasteiger partial charge in [0.1, 0.15) is 0 Å². The second kappa shape index (κ2) is 7.65. The Balaban J connectivity index is 3.96. The van der Waals surface area contributed by atoms with Crippen LogP contribution < -0.4 is 11.1 Å². The maximum atomic E-state index is 11.8. The average Bonchev–Trinajstić information content (AvgIpc) is 2.26. The van der Waals surface area contributed by atoms with Crippen molar-refractivity contribution < 1.29 is 4.79 Å². The lowest BCUT2D eigenvalue weighted by Crippen LogP contribution is -2.46. The summed E-state index contributed by atoms with van der Waals surface area (Å²) in [6.07, 6.45) is 1.91. The summed E-state index contributed by atoms with van der Waals surface area (Å²) in [6, 6.07) is -0.352. The third-order valence-electron chi connectivity index (χ3n) is 2.84. The van der Waals surface area contributed by atoms with E-state index >= 15 is 0 Å². The zero-order valence-electron chi connectivity index (χ0n) is 10.4. The molecule has 4 nitrogen and oxygen atoms in total. The van der Waals surface area contributed by atoms with E-state index in [4.69, 9.17) is 5.73 Å². The molecule has 0 aromatic rings. The van der Waals surface area contributed by atoms with Gasteiger partial charge in [0.15, 0.2) is 0 Å². The van der Waals surface area contributed by atoms with Crippen molar-refractivity contribution in [2.24, 2.45) is 11.7 Å². The van der Waals surface area contributed by atoms with Crippen LogP contribution in [0.15, 0.2) is 0 Å². The first-order chi connectivity index (χ1) is 7.04. The Labute approximate surface area is 93.2 Å². The highest BCUT2D eigenvalue weighted by atomic mass is 16.2. The van der Waals surface area contributed by atoms with Crippen molar-refractivity contribution in [1.29, 1.82) is 0 Å². The van der Waals surface area contributed by atoms with E-state index in [1.165, 1.54) is 0 Å². The molecule has 0 aliphatic carbocycles. The lowest BCUT2D eigenvalue weighted by atomic mass is 9.99. The summed E-state index contributed by atoms with van der Waals surface area (Å²) >= 11 is 0. The molecule has 90 valence electrons. The molecule has 0 fully saturated rings. The molecular formula is C11H25N3O. The molecule has 1 unspecified atom stereocenters. The molecule has 0 radical (unpaired) electrons. The first-order valence-corrected chi connectivity index (χ1v) is 5.69. The Kier molecular flexibility index (Phi) is 7.34. The van der Waals surface area contributed by atoms with Crippen LogP contribution in [0.5, 0.6) is 0 Å².